The number of amides is 2. The zero-order valence-electron chi connectivity index (χ0n) is 18.8. The summed E-state index contributed by atoms with van der Waals surface area (Å²) in [4.78, 5) is 34.7. The zero-order valence-corrected chi connectivity index (χ0v) is 18.8. The highest BCUT2D eigenvalue weighted by atomic mass is 16.2. The van der Waals surface area contributed by atoms with Crippen molar-refractivity contribution in [3.8, 4) is 22.5 Å². The number of hydrogen-bond donors (Lipinski definition) is 1. The fraction of sp³-hybridized carbons (Fsp3) is 0.240. The topological polar surface area (TPSA) is 93.0 Å². The Morgan fingerprint density at radius 2 is 1.91 bits per heavy atom. The van der Waals surface area contributed by atoms with Gasteiger partial charge < -0.3 is 10.2 Å². The van der Waals surface area contributed by atoms with Crippen LogP contribution in [0.1, 0.15) is 28.2 Å². The summed E-state index contributed by atoms with van der Waals surface area (Å²) in [5.41, 5.74) is 6.07. The van der Waals surface area contributed by atoms with E-state index in [4.69, 9.17) is 5.10 Å². The van der Waals surface area contributed by atoms with E-state index >= 15 is 0 Å². The minimum Gasteiger partial charge on any atom is -0.354 e. The van der Waals surface area contributed by atoms with Gasteiger partial charge in [0.2, 0.25) is 5.91 Å². The fourth-order valence-corrected chi connectivity index (χ4v) is 4.38. The van der Waals surface area contributed by atoms with Crippen molar-refractivity contribution in [2.24, 2.45) is 7.05 Å². The van der Waals surface area contributed by atoms with Crippen molar-refractivity contribution >= 4 is 22.6 Å². The van der Waals surface area contributed by atoms with E-state index in [1.54, 1.807) is 24.2 Å². The molecule has 2 amide bonds. The molecule has 0 saturated carbocycles. The van der Waals surface area contributed by atoms with Crippen molar-refractivity contribution in [2.45, 2.75) is 19.4 Å². The SMILES string of the molecule is CNC(=O)c1ccc(-c2cc3cccc(-c4nn(C)c5c4CN(C)C(=O)CC5)c3cn2)cn1. The average Bonchev–Trinajstić information content (AvgIpc) is 3.06. The molecule has 8 nitrogen and oxygen atoms in total. The molecular weight excluding hydrogens is 416 g/mol. The Bertz CT molecular complexity index is 1390. The van der Waals surface area contributed by atoms with Crippen LogP contribution in [0.4, 0.5) is 0 Å². The van der Waals surface area contributed by atoms with Crippen molar-refractivity contribution in [3.05, 3.63) is 65.7 Å². The van der Waals surface area contributed by atoms with Crippen LogP contribution in [-0.2, 0) is 24.8 Å². The van der Waals surface area contributed by atoms with E-state index in [1.165, 1.54) is 0 Å². The molecule has 8 heteroatoms. The molecule has 0 atom stereocenters. The van der Waals surface area contributed by atoms with E-state index in [2.05, 4.69) is 21.4 Å². The second-order valence-corrected chi connectivity index (χ2v) is 8.25. The van der Waals surface area contributed by atoms with Crippen LogP contribution in [-0.4, -0.2) is 50.6 Å². The van der Waals surface area contributed by atoms with Crippen molar-refractivity contribution in [3.63, 3.8) is 0 Å². The Labute approximate surface area is 191 Å². The highest BCUT2D eigenvalue weighted by molar-refractivity contribution is 5.98. The van der Waals surface area contributed by atoms with E-state index < -0.39 is 0 Å². The molecule has 166 valence electrons. The molecular formula is C25H24N6O2. The first-order valence-electron chi connectivity index (χ1n) is 10.8. The number of aryl methyl sites for hydroxylation is 1. The van der Waals surface area contributed by atoms with Gasteiger partial charge in [0.05, 0.1) is 11.4 Å². The monoisotopic (exact) mass is 440 g/mol. The summed E-state index contributed by atoms with van der Waals surface area (Å²) >= 11 is 0. The summed E-state index contributed by atoms with van der Waals surface area (Å²) in [7, 11) is 5.36. The zero-order chi connectivity index (χ0) is 23.1. The third-order valence-corrected chi connectivity index (χ3v) is 6.21. The van der Waals surface area contributed by atoms with Crippen molar-refractivity contribution in [2.75, 3.05) is 14.1 Å². The van der Waals surface area contributed by atoms with Gasteiger partial charge in [-0.2, -0.15) is 5.10 Å². The van der Waals surface area contributed by atoms with Crippen molar-refractivity contribution < 1.29 is 9.59 Å². The quantitative estimate of drug-likeness (QED) is 0.529. The van der Waals surface area contributed by atoms with Gasteiger partial charge in [0.15, 0.2) is 0 Å². The summed E-state index contributed by atoms with van der Waals surface area (Å²) in [6.45, 7) is 0.544. The lowest BCUT2D eigenvalue weighted by atomic mass is 9.98. The van der Waals surface area contributed by atoms with Crippen molar-refractivity contribution in [1.29, 1.82) is 0 Å². The summed E-state index contributed by atoms with van der Waals surface area (Å²) in [5, 5.41) is 9.43. The number of aromatic nitrogens is 4. The van der Waals surface area contributed by atoms with Crippen LogP contribution < -0.4 is 5.32 Å². The maximum absolute atomic E-state index is 12.3. The highest BCUT2D eigenvalue weighted by Gasteiger charge is 2.25. The predicted molar refractivity (Wildman–Crippen MR) is 125 cm³/mol. The molecule has 33 heavy (non-hydrogen) atoms. The van der Waals surface area contributed by atoms with Gasteiger partial charge in [-0.05, 0) is 30.0 Å². The Morgan fingerprint density at radius 3 is 2.67 bits per heavy atom. The van der Waals surface area contributed by atoms with E-state index in [9.17, 15) is 9.59 Å². The third-order valence-electron chi connectivity index (χ3n) is 6.21. The fourth-order valence-electron chi connectivity index (χ4n) is 4.38. The normalized spacial score (nSPS) is 13.7. The molecule has 1 aromatic carbocycles. The standard InChI is InChI=1S/C25H24N6O2/c1-26-25(33)20-8-7-16(12-27-20)21-11-15-5-4-6-17(18(15)13-28-21)24-19-14-30(2)23(32)10-9-22(19)31(3)29-24/h4-8,11-13H,9-10,14H2,1-3H3,(H,26,33). The summed E-state index contributed by atoms with van der Waals surface area (Å²) in [5.74, 6) is -0.0723. The molecule has 1 aliphatic heterocycles. The van der Waals surface area contributed by atoms with Gasteiger partial charge in [-0.25, -0.2) is 0 Å². The molecule has 0 unspecified atom stereocenters. The summed E-state index contributed by atoms with van der Waals surface area (Å²) in [6.07, 6.45) is 4.71. The van der Waals surface area contributed by atoms with Crippen LogP contribution in [0.5, 0.6) is 0 Å². The van der Waals surface area contributed by atoms with Crippen LogP contribution in [0.2, 0.25) is 0 Å². The maximum atomic E-state index is 12.3. The molecule has 0 saturated heterocycles. The summed E-state index contributed by atoms with van der Waals surface area (Å²) in [6, 6.07) is 11.7. The van der Waals surface area contributed by atoms with Crippen molar-refractivity contribution in [1.82, 2.24) is 30.0 Å². The lowest BCUT2D eigenvalue weighted by molar-refractivity contribution is -0.130. The molecule has 1 N–H and O–H groups in total. The van der Waals surface area contributed by atoms with Gasteiger partial charge in [0.1, 0.15) is 5.69 Å². The van der Waals surface area contributed by atoms with E-state index in [-0.39, 0.29) is 11.8 Å². The van der Waals surface area contributed by atoms with Crippen LogP contribution >= 0.6 is 0 Å². The molecule has 0 bridgehead atoms. The minimum absolute atomic E-state index is 0.150. The number of pyridine rings is 2. The second-order valence-electron chi connectivity index (χ2n) is 8.25. The Kier molecular flexibility index (Phi) is 5.12. The number of nitrogens with zero attached hydrogens (tertiary/aromatic N) is 5. The van der Waals surface area contributed by atoms with E-state index in [0.29, 0.717) is 25.1 Å². The van der Waals surface area contributed by atoms with Crippen LogP contribution in [0, 0.1) is 0 Å². The average molecular weight is 441 g/mol. The molecule has 4 heterocycles. The van der Waals surface area contributed by atoms with Gasteiger partial charge in [-0.3, -0.25) is 24.2 Å². The first-order valence-corrected chi connectivity index (χ1v) is 10.8. The highest BCUT2D eigenvalue weighted by Crippen LogP contribution is 2.34. The largest absolute Gasteiger partial charge is 0.354 e. The Morgan fingerprint density at radius 1 is 1.06 bits per heavy atom. The molecule has 4 aromatic rings. The number of carbonyl (C=O) groups is 2. The molecule has 5 rings (SSSR count). The molecule has 3 aromatic heterocycles. The Hall–Kier alpha value is -4.07. The smallest absolute Gasteiger partial charge is 0.269 e. The molecule has 0 fully saturated rings. The lowest BCUT2D eigenvalue weighted by Crippen LogP contribution is -2.24. The number of benzene rings is 1. The van der Waals surface area contributed by atoms with Gasteiger partial charge in [0.25, 0.3) is 5.91 Å². The van der Waals surface area contributed by atoms with E-state index in [0.717, 1.165) is 44.5 Å². The van der Waals surface area contributed by atoms with Gasteiger partial charge >= 0.3 is 0 Å². The summed E-state index contributed by atoms with van der Waals surface area (Å²) < 4.78 is 1.90. The first kappa shape index (κ1) is 20.8. The Balaban J connectivity index is 1.57. The van der Waals surface area contributed by atoms with Crippen LogP contribution in [0.25, 0.3) is 33.3 Å². The minimum atomic E-state index is -0.223. The molecule has 0 spiro atoms. The number of nitrogens with one attached hydrogen (secondary N) is 1. The molecule has 1 aliphatic rings. The van der Waals surface area contributed by atoms with E-state index in [1.807, 2.05) is 49.2 Å². The lowest BCUT2D eigenvalue weighted by Gasteiger charge is -2.15. The number of hydrogen-bond acceptors (Lipinski definition) is 5. The maximum Gasteiger partial charge on any atom is 0.269 e. The van der Waals surface area contributed by atoms with Gasteiger partial charge in [0, 0.05) is 74.3 Å². The van der Waals surface area contributed by atoms with Crippen LogP contribution in [0.3, 0.4) is 0 Å². The third kappa shape index (κ3) is 3.63. The number of rotatable bonds is 3. The second kappa shape index (κ2) is 8.12. The predicted octanol–water partition coefficient (Wildman–Crippen LogP) is 2.96. The number of fused-ring (bicyclic) bond motifs is 2. The first-order chi connectivity index (χ1) is 16.0. The van der Waals surface area contributed by atoms with Crippen LogP contribution in [0.15, 0.2) is 48.8 Å². The van der Waals surface area contributed by atoms with Gasteiger partial charge in [-0.15, -0.1) is 0 Å². The van der Waals surface area contributed by atoms with Gasteiger partial charge in [-0.1, -0.05) is 18.2 Å². The number of carbonyl (C=O) groups excluding carboxylic acids is 2. The molecule has 0 aliphatic carbocycles. The molecule has 0 radical (unpaired) electrons.